The van der Waals surface area contributed by atoms with Crippen LogP contribution in [0.3, 0.4) is 0 Å². The molecular weight excluding hydrogens is 360 g/mol. The van der Waals surface area contributed by atoms with Gasteiger partial charge in [-0.2, -0.15) is 4.68 Å². The van der Waals surface area contributed by atoms with Gasteiger partial charge in [0.1, 0.15) is 5.25 Å². The van der Waals surface area contributed by atoms with Crippen molar-refractivity contribution in [3.05, 3.63) is 41.2 Å². The fourth-order valence-corrected chi connectivity index (χ4v) is 5.25. The van der Waals surface area contributed by atoms with Gasteiger partial charge in [0.2, 0.25) is 0 Å². The minimum absolute atomic E-state index is 0.0227. The molecule has 144 valence electrons. The van der Waals surface area contributed by atoms with E-state index < -0.39 is 0 Å². The molecule has 1 fully saturated rings. The third-order valence-electron chi connectivity index (χ3n) is 5.17. The molecule has 4 rings (SSSR count). The topological polar surface area (TPSA) is 60.2 Å². The molecule has 1 saturated heterocycles. The first-order valence-corrected chi connectivity index (χ1v) is 10.5. The van der Waals surface area contributed by atoms with E-state index in [1.807, 2.05) is 6.92 Å². The quantitative estimate of drug-likeness (QED) is 0.805. The Bertz CT molecular complexity index is 825. The predicted molar refractivity (Wildman–Crippen MR) is 105 cm³/mol. The number of carbonyl (C=O) groups excluding carboxylic acids is 1. The molecule has 7 heteroatoms. The van der Waals surface area contributed by atoms with Crippen LogP contribution in [0.25, 0.3) is 0 Å². The van der Waals surface area contributed by atoms with Crippen molar-refractivity contribution in [3.8, 4) is 0 Å². The molecule has 1 aromatic heterocycles. The highest BCUT2D eigenvalue weighted by Crippen LogP contribution is 2.41. The van der Waals surface area contributed by atoms with Crippen LogP contribution in [0.5, 0.6) is 0 Å². The van der Waals surface area contributed by atoms with Gasteiger partial charge >= 0.3 is 0 Å². The largest absolute Gasteiger partial charge is 0.373 e. The van der Waals surface area contributed by atoms with Crippen LogP contribution < -0.4 is 0 Å². The minimum atomic E-state index is -0.244. The maximum absolute atomic E-state index is 13.2. The number of carbonyl (C=O) groups is 1. The van der Waals surface area contributed by atoms with Crippen molar-refractivity contribution in [2.45, 2.75) is 62.8 Å². The first kappa shape index (κ1) is 18.7. The molecule has 2 aliphatic heterocycles. The van der Waals surface area contributed by atoms with E-state index >= 15 is 0 Å². The zero-order chi connectivity index (χ0) is 19.1. The Morgan fingerprint density at radius 3 is 2.48 bits per heavy atom. The lowest BCUT2D eigenvalue weighted by atomic mass is 9.98. The minimum Gasteiger partial charge on any atom is -0.373 e. The molecule has 1 aromatic carbocycles. The van der Waals surface area contributed by atoms with E-state index in [-0.39, 0.29) is 29.4 Å². The molecule has 0 spiro atoms. The van der Waals surface area contributed by atoms with Crippen molar-refractivity contribution < 1.29 is 9.53 Å². The van der Waals surface area contributed by atoms with Crippen molar-refractivity contribution in [3.63, 3.8) is 0 Å². The van der Waals surface area contributed by atoms with Crippen LogP contribution in [0.2, 0.25) is 0 Å². The van der Waals surface area contributed by atoms with Crippen LogP contribution in [-0.2, 0) is 11.2 Å². The number of hydrogen-bond acceptors (Lipinski definition) is 6. The molecule has 27 heavy (non-hydrogen) atoms. The standard InChI is InChI=1S/C20H26N4O2S/c1-5-16-21-20-24(22-16)19(25)18(27-20)17(15-8-6-12(2)7-9-15)23-10-13(3)26-14(4)11-23/h6-9,13-14,17-18H,5,10-11H2,1-4H3. The SMILES string of the molecule is CCc1nc2n(n1)C(=O)C(C(c1ccc(C)cc1)N1CC(C)OC(C)C1)S2. The first-order chi connectivity index (χ1) is 13.0. The van der Waals surface area contributed by atoms with Gasteiger partial charge in [-0.15, -0.1) is 5.10 Å². The second-order valence-corrected chi connectivity index (χ2v) is 8.63. The van der Waals surface area contributed by atoms with E-state index in [0.29, 0.717) is 5.16 Å². The summed E-state index contributed by atoms with van der Waals surface area (Å²) in [6.07, 6.45) is 1.02. The molecule has 6 nitrogen and oxygen atoms in total. The van der Waals surface area contributed by atoms with E-state index in [1.165, 1.54) is 10.2 Å². The summed E-state index contributed by atoms with van der Waals surface area (Å²) in [6.45, 7) is 9.89. The Kier molecular flexibility index (Phi) is 5.09. The predicted octanol–water partition coefficient (Wildman–Crippen LogP) is 3.11. The van der Waals surface area contributed by atoms with Gasteiger partial charge in [0.15, 0.2) is 11.0 Å². The fourth-order valence-electron chi connectivity index (χ4n) is 3.98. The maximum Gasteiger partial charge on any atom is 0.264 e. The Hall–Kier alpha value is -1.70. The number of morpholine rings is 1. The van der Waals surface area contributed by atoms with Gasteiger partial charge in [0.05, 0.1) is 18.2 Å². The summed E-state index contributed by atoms with van der Waals surface area (Å²) < 4.78 is 7.43. The lowest BCUT2D eigenvalue weighted by Gasteiger charge is -2.41. The summed E-state index contributed by atoms with van der Waals surface area (Å²) in [6, 6.07) is 8.50. The van der Waals surface area contributed by atoms with Crippen LogP contribution in [0.15, 0.2) is 29.4 Å². The van der Waals surface area contributed by atoms with Crippen LogP contribution in [-0.4, -0.2) is 56.1 Å². The van der Waals surface area contributed by atoms with E-state index in [9.17, 15) is 4.79 Å². The van der Waals surface area contributed by atoms with Crippen molar-refractivity contribution >= 4 is 17.7 Å². The molecule has 0 bridgehead atoms. The van der Waals surface area contributed by atoms with Crippen LogP contribution >= 0.6 is 11.8 Å². The zero-order valence-corrected chi connectivity index (χ0v) is 17.1. The molecule has 0 aliphatic carbocycles. The number of ether oxygens (including phenoxy) is 1. The highest BCUT2D eigenvalue weighted by Gasteiger charge is 2.44. The molecule has 4 atom stereocenters. The number of nitrogens with zero attached hydrogens (tertiary/aromatic N) is 4. The van der Waals surface area contributed by atoms with Crippen LogP contribution in [0.4, 0.5) is 0 Å². The summed E-state index contributed by atoms with van der Waals surface area (Å²) in [5.41, 5.74) is 2.38. The summed E-state index contributed by atoms with van der Waals surface area (Å²) in [7, 11) is 0. The van der Waals surface area contributed by atoms with E-state index in [2.05, 4.69) is 60.0 Å². The van der Waals surface area contributed by atoms with Gasteiger partial charge in [-0.25, -0.2) is 4.98 Å². The summed E-state index contributed by atoms with van der Waals surface area (Å²) in [5, 5.41) is 4.87. The maximum atomic E-state index is 13.2. The monoisotopic (exact) mass is 386 g/mol. The van der Waals surface area contributed by atoms with E-state index in [1.54, 1.807) is 11.8 Å². The molecule has 2 aromatic rings. The van der Waals surface area contributed by atoms with Crippen LogP contribution in [0, 0.1) is 6.92 Å². The Labute approximate surface area is 164 Å². The number of aryl methyl sites for hydroxylation is 2. The van der Waals surface area contributed by atoms with E-state index in [0.717, 1.165) is 30.9 Å². The molecule has 0 N–H and O–H groups in total. The second kappa shape index (κ2) is 7.37. The van der Waals surface area contributed by atoms with E-state index in [4.69, 9.17) is 4.74 Å². The summed E-state index contributed by atoms with van der Waals surface area (Å²) in [4.78, 5) is 20.1. The first-order valence-electron chi connectivity index (χ1n) is 9.59. The van der Waals surface area contributed by atoms with Gasteiger partial charge < -0.3 is 4.74 Å². The molecule has 0 saturated carbocycles. The average molecular weight is 387 g/mol. The van der Waals surface area contributed by atoms with Crippen molar-refractivity contribution in [1.29, 1.82) is 0 Å². The number of aromatic nitrogens is 3. The molecule has 4 unspecified atom stereocenters. The summed E-state index contributed by atoms with van der Waals surface area (Å²) >= 11 is 1.54. The fraction of sp³-hybridized carbons (Fsp3) is 0.550. The molecule has 2 aliphatic rings. The smallest absolute Gasteiger partial charge is 0.264 e. The Balaban J connectivity index is 1.69. The third kappa shape index (κ3) is 3.56. The van der Waals surface area contributed by atoms with Gasteiger partial charge in [-0.1, -0.05) is 48.5 Å². The lowest BCUT2D eigenvalue weighted by molar-refractivity contribution is -0.0804. The second-order valence-electron chi connectivity index (χ2n) is 7.52. The third-order valence-corrected chi connectivity index (χ3v) is 6.36. The number of fused-ring (bicyclic) bond motifs is 1. The number of rotatable bonds is 4. The van der Waals surface area contributed by atoms with Crippen molar-refractivity contribution in [2.24, 2.45) is 0 Å². The van der Waals surface area contributed by atoms with Gasteiger partial charge in [-0.05, 0) is 26.3 Å². The Morgan fingerprint density at radius 2 is 1.89 bits per heavy atom. The number of benzene rings is 1. The zero-order valence-electron chi connectivity index (χ0n) is 16.3. The molecule has 3 heterocycles. The summed E-state index contributed by atoms with van der Waals surface area (Å²) in [5.74, 6) is 0.754. The van der Waals surface area contributed by atoms with Crippen molar-refractivity contribution in [2.75, 3.05) is 13.1 Å². The normalized spacial score (nSPS) is 27.0. The average Bonchev–Trinajstić information content (AvgIpc) is 3.16. The van der Waals surface area contributed by atoms with Crippen LogP contribution in [0.1, 0.15) is 48.6 Å². The molecule has 0 radical (unpaired) electrons. The highest BCUT2D eigenvalue weighted by atomic mass is 32.2. The number of thioether (sulfide) groups is 1. The number of hydrogen-bond donors (Lipinski definition) is 0. The van der Waals surface area contributed by atoms with Gasteiger partial charge in [-0.3, -0.25) is 9.69 Å². The molecular formula is C20H26N4O2S. The Morgan fingerprint density at radius 1 is 1.22 bits per heavy atom. The highest BCUT2D eigenvalue weighted by molar-refractivity contribution is 8.00. The van der Waals surface area contributed by atoms with Gasteiger partial charge in [0, 0.05) is 19.5 Å². The van der Waals surface area contributed by atoms with Gasteiger partial charge in [0.25, 0.3) is 5.91 Å². The lowest BCUT2D eigenvalue weighted by Crippen LogP contribution is -2.50. The van der Waals surface area contributed by atoms with Crippen molar-refractivity contribution in [1.82, 2.24) is 19.7 Å². The molecule has 0 amide bonds.